The molecule has 0 aliphatic carbocycles. The molecule has 0 aromatic heterocycles. The van der Waals surface area contributed by atoms with Crippen LogP contribution in [0.3, 0.4) is 0 Å². The van der Waals surface area contributed by atoms with E-state index in [0.717, 1.165) is 0 Å². The maximum absolute atomic E-state index is 10.6. The van der Waals surface area contributed by atoms with Crippen LogP contribution < -0.4 is 10.6 Å². The van der Waals surface area contributed by atoms with Crippen molar-refractivity contribution < 1.29 is 20.1 Å². The normalized spacial score (nSPS) is 37.1. The first-order valence-corrected chi connectivity index (χ1v) is 4.07. The highest BCUT2D eigenvalue weighted by Crippen LogP contribution is 2.08. The monoisotopic (exact) mass is 226 g/mol. The molecule has 6 nitrogen and oxygen atoms in total. The van der Waals surface area contributed by atoms with Crippen molar-refractivity contribution in [3.63, 3.8) is 0 Å². The minimum Gasteiger partial charge on any atom is -0.389 e. The topological polar surface area (TPSA) is 102 Å². The highest BCUT2D eigenvalue weighted by Gasteiger charge is 2.36. The molecule has 1 fully saturated rings. The highest BCUT2D eigenvalue weighted by atomic mass is 35.5. The van der Waals surface area contributed by atoms with Gasteiger partial charge in [-0.25, -0.2) is 0 Å². The number of aliphatic hydroxyl groups excluding tert-OH is 3. The van der Waals surface area contributed by atoms with Crippen LogP contribution in [0.2, 0.25) is 0 Å². The standard InChI is InChI=1S/C7H14N2O4.ClH/c1-3(10)9-7-6(13)5(12)4(11)2-8-7;/h4-8,11-13H,2H2,1H3,(H,9,10);1H/t4-,5-,6-,7+;/m1./s1. The van der Waals surface area contributed by atoms with Crippen LogP contribution in [0.5, 0.6) is 0 Å². The number of hydrogen-bond donors (Lipinski definition) is 5. The Labute approximate surface area is 87.7 Å². The van der Waals surface area contributed by atoms with Gasteiger partial charge in [-0.1, -0.05) is 0 Å². The Morgan fingerprint density at radius 1 is 1.36 bits per heavy atom. The zero-order valence-corrected chi connectivity index (χ0v) is 8.49. The minimum atomic E-state index is -1.22. The Morgan fingerprint density at radius 2 is 1.93 bits per heavy atom. The van der Waals surface area contributed by atoms with Gasteiger partial charge in [-0.15, -0.1) is 12.4 Å². The first kappa shape index (κ1) is 13.6. The summed E-state index contributed by atoms with van der Waals surface area (Å²) >= 11 is 0. The van der Waals surface area contributed by atoms with Gasteiger partial charge in [-0.3, -0.25) is 10.1 Å². The molecule has 0 bridgehead atoms. The van der Waals surface area contributed by atoms with Gasteiger partial charge in [0.25, 0.3) is 0 Å². The van der Waals surface area contributed by atoms with E-state index < -0.39 is 24.5 Å². The van der Waals surface area contributed by atoms with Crippen molar-refractivity contribution >= 4 is 18.3 Å². The molecule has 84 valence electrons. The van der Waals surface area contributed by atoms with Gasteiger partial charge in [0, 0.05) is 13.5 Å². The van der Waals surface area contributed by atoms with Crippen molar-refractivity contribution in [2.45, 2.75) is 31.4 Å². The van der Waals surface area contributed by atoms with Crippen molar-refractivity contribution in [3.05, 3.63) is 0 Å². The largest absolute Gasteiger partial charge is 0.389 e. The Morgan fingerprint density at radius 3 is 2.43 bits per heavy atom. The van der Waals surface area contributed by atoms with Crippen molar-refractivity contribution in [3.8, 4) is 0 Å². The SMILES string of the molecule is CC(=O)N[C@@H]1NC[C@@H](O)[C@@H](O)[C@H]1O.Cl. The van der Waals surface area contributed by atoms with E-state index in [1.54, 1.807) is 0 Å². The van der Waals surface area contributed by atoms with E-state index in [1.807, 2.05) is 0 Å². The molecule has 1 saturated heterocycles. The van der Waals surface area contributed by atoms with Gasteiger partial charge < -0.3 is 20.6 Å². The van der Waals surface area contributed by atoms with E-state index in [0.29, 0.717) is 0 Å². The first-order valence-electron chi connectivity index (χ1n) is 4.07. The summed E-state index contributed by atoms with van der Waals surface area (Å²) in [6.07, 6.45) is -4.11. The summed E-state index contributed by atoms with van der Waals surface area (Å²) < 4.78 is 0. The third-order valence-corrected chi connectivity index (χ3v) is 1.99. The molecule has 14 heavy (non-hydrogen) atoms. The Kier molecular flexibility index (Phi) is 5.32. The van der Waals surface area contributed by atoms with Gasteiger partial charge >= 0.3 is 0 Å². The van der Waals surface area contributed by atoms with Crippen LogP contribution in [-0.4, -0.2) is 52.2 Å². The summed E-state index contributed by atoms with van der Waals surface area (Å²) in [5.41, 5.74) is 0. The molecule has 4 atom stereocenters. The molecular formula is C7H15ClN2O4. The Balaban J connectivity index is 0.00000169. The van der Waals surface area contributed by atoms with E-state index >= 15 is 0 Å². The van der Waals surface area contributed by atoms with Crippen LogP contribution in [-0.2, 0) is 4.79 Å². The molecule has 0 unspecified atom stereocenters. The molecule has 0 spiro atoms. The molecule has 0 aromatic rings. The molecule has 0 saturated carbocycles. The van der Waals surface area contributed by atoms with Crippen LogP contribution in [0.15, 0.2) is 0 Å². The smallest absolute Gasteiger partial charge is 0.218 e. The molecule has 1 aliphatic rings. The Hall–Kier alpha value is -0.400. The zero-order valence-electron chi connectivity index (χ0n) is 7.67. The van der Waals surface area contributed by atoms with Gasteiger partial charge in [-0.05, 0) is 0 Å². The average molecular weight is 227 g/mol. The molecule has 1 amide bonds. The summed E-state index contributed by atoms with van der Waals surface area (Å²) in [6, 6.07) is 0. The third-order valence-electron chi connectivity index (χ3n) is 1.99. The number of rotatable bonds is 1. The summed E-state index contributed by atoms with van der Waals surface area (Å²) in [6.45, 7) is 1.45. The lowest BCUT2D eigenvalue weighted by atomic mass is 10.0. The molecule has 1 heterocycles. The number of nitrogens with one attached hydrogen (secondary N) is 2. The fraction of sp³-hybridized carbons (Fsp3) is 0.857. The number of amides is 1. The van der Waals surface area contributed by atoms with Crippen LogP contribution in [0.1, 0.15) is 6.92 Å². The lowest BCUT2D eigenvalue weighted by molar-refractivity contribution is -0.127. The number of halogens is 1. The highest BCUT2D eigenvalue weighted by molar-refractivity contribution is 5.85. The fourth-order valence-corrected chi connectivity index (χ4v) is 1.27. The molecule has 0 aromatic carbocycles. The lowest BCUT2D eigenvalue weighted by Crippen LogP contribution is -2.65. The quantitative estimate of drug-likeness (QED) is 0.342. The minimum absolute atomic E-state index is 0. The fourth-order valence-electron chi connectivity index (χ4n) is 1.27. The number of aliphatic hydroxyl groups is 3. The molecule has 7 heteroatoms. The van der Waals surface area contributed by atoms with Gasteiger partial charge in [0.15, 0.2) is 0 Å². The molecular weight excluding hydrogens is 212 g/mol. The molecule has 1 aliphatic heterocycles. The lowest BCUT2D eigenvalue weighted by Gasteiger charge is -2.36. The van der Waals surface area contributed by atoms with Crippen LogP contribution >= 0.6 is 12.4 Å². The van der Waals surface area contributed by atoms with E-state index in [2.05, 4.69) is 10.6 Å². The van der Waals surface area contributed by atoms with Crippen LogP contribution in [0.25, 0.3) is 0 Å². The number of hydrogen-bond acceptors (Lipinski definition) is 5. The average Bonchev–Trinajstić information content (AvgIpc) is 2.06. The summed E-state index contributed by atoms with van der Waals surface area (Å²) in [7, 11) is 0. The van der Waals surface area contributed by atoms with Gasteiger partial charge in [0.1, 0.15) is 18.4 Å². The van der Waals surface area contributed by atoms with E-state index in [-0.39, 0.29) is 24.9 Å². The maximum Gasteiger partial charge on any atom is 0.218 e. The predicted octanol–water partition coefficient (Wildman–Crippen LogP) is -2.44. The Bertz CT molecular complexity index is 204. The number of piperidine rings is 1. The van der Waals surface area contributed by atoms with E-state index in [4.69, 9.17) is 5.11 Å². The van der Waals surface area contributed by atoms with Crippen molar-refractivity contribution in [2.24, 2.45) is 0 Å². The van der Waals surface area contributed by atoms with Gasteiger partial charge in [0.2, 0.25) is 5.91 Å². The van der Waals surface area contributed by atoms with Crippen molar-refractivity contribution in [2.75, 3.05) is 6.54 Å². The van der Waals surface area contributed by atoms with E-state index in [9.17, 15) is 15.0 Å². The maximum atomic E-state index is 10.6. The van der Waals surface area contributed by atoms with Gasteiger partial charge in [-0.2, -0.15) is 0 Å². The second kappa shape index (κ2) is 5.47. The summed E-state index contributed by atoms with van der Waals surface area (Å²) in [4.78, 5) is 10.6. The molecule has 0 radical (unpaired) electrons. The van der Waals surface area contributed by atoms with E-state index in [1.165, 1.54) is 6.92 Å². The van der Waals surface area contributed by atoms with Crippen LogP contribution in [0.4, 0.5) is 0 Å². The summed E-state index contributed by atoms with van der Waals surface area (Å²) in [5.74, 6) is -0.305. The number of carbonyl (C=O) groups excluding carboxylic acids is 1. The van der Waals surface area contributed by atoms with Crippen molar-refractivity contribution in [1.82, 2.24) is 10.6 Å². The van der Waals surface area contributed by atoms with Crippen LogP contribution in [0, 0.1) is 0 Å². The predicted molar refractivity (Wildman–Crippen MR) is 50.9 cm³/mol. The second-order valence-corrected chi connectivity index (χ2v) is 3.13. The molecule has 5 N–H and O–H groups in total. The first-order chi connectivity index (χ1) is 6.02. The molecule has 1 rings (SSSR count). The van der Waals surface area contributed by atoms with Gasteiger partial charge in [0.05, 0.1) is 6.10 Å². The zero-order chi connectivity index (χ0) is 10.0. The summed E-state index contributed by atoms with van der Waals surface area (Å²) in [5, 5.41) is 32.8. The van der Waals surface area contributed by atoms with Crippen molar-refractivity contribution in [1.29, 1.82) is 0 Å². The number of β-amino-alcohol motifs (C(OH)–C–C–N with tert-alkyl or cyclic N) is 1. The third kappa shape index (κ3) is 3.07. The number of carbonyl (C=O) groups is 1. The second-order valence-electron chi connectivity index (χ2n) is 3.13.